The summed E-state index contributed by atoms with van der Waals surface area (Å²) in [5.74, 6) is 0.276. The maximum atomic E-state index is 13.1. The van der Waals surface area contributed by atoms with Crippen LogP contribution in [0.5, 0.6) is 5.75 Å². The van der Waals surface area contributed by atoms with E-state index in [0.717, 1.165) is 5.56 Å². The minimum atomic E-state index is -0.387. The summed E-state index contributed by atoms with van der Waals surface area (Å²) in [7, 11) is 1.75. The zero-order valence-electron chi connectivity index (χ0n) is 19.6. The Balaban J connectivity index is 1.68. The number of para-hydroxylation sites is 2. The molecule has 0 atom stereocenters. The van der Waals surface area contributed by atoms with E-state index in [-0.39, 0.29) is 16.9 Å². The molecule has 3 aromatic carbocycles. The molecule has 0 heterocycles. The SMILES string of the molecule is CC(C)COc1ccccc1C(=O)NC(=S)Nc1ccccc1C(=O)N(C)Cc1ccccc1. The number of ether oxygens (including phenoxy) is 1. The molecule has 0 fully saturated rings. The fourth-order valence-corrected chi connectivity index (χ4v) is 3.48. The van der Waals surface area contributed by atoms with Gasteiger partial charge in [0.2, 0.25) is 0 Å². The first-order valence-corrected chi connectivity index (χ1v) is 11.5. The van der Waals surface area contributed by atoms with Crippen molar-refractivity contribution in [2.75, 3.05) is 19.0 Å². The van der Waals surface area contributed by atoms with Gasteiger partial charge in [-0.05, 0) is 48.0 Å². The fourth-order valence-electron chi connectivity index (χ4n) is 3.27. The summed E-state index contributed by atoms with van der Waals surface area (Å²) in [5.41, 5.74) is 2.39. The summed E-state index contributed by atoms with van der Waals surface area (Å²) in [6.45, 7) is 5.05. The number of carbonyl (C=O) groups is 2. The quantitative estimate of drug-likeness (QED) is 0.443. The van der Waals surface area contributed by atoms with Crippen LogP contribution < -0.4 is 15.4 Å². The lowest BCUT2D eigenvalue weighted by molar-refractivity contribution is 0.0786. The predicted molar refractivity (Wildman–Crippen MR) is 139 cm³/mol. The van der Waals surface area contributed by atoms with E-state index in [9.17, 15) is 9.59 Å². The number of thiocarbonyl (C=S) groups is 1. The molecule has 2 N–H and O–H groups in total. The minimum absolute atomic E-state index is 0.0922. The molecule has 0 spiro atoms. The molecule has 34 heavy (non-hydrogen) atoms. The molecule has 6 nitrogen and oxygen atoms in total. The predicted octanol–water partition coefficient (Wildman–Crippen LogP) is 5.12. The normalized spacial score (nSPS) is 10.5. The summed E-state index contributed by atoms with van der Waals surface area (Å²) < 4.78 is 5.77. The number of hydrogen-bond acceptors (Lipinski definition) is 4. The second-order valence-corrected chi connectivity index (χ2v) is 8.71. The molecule has 0 bridgehead atoms. The largest absolute Gasteiger partial charge is 0.492 e. The van der Waals surface area contributed by atoms with Crippen LogP contribution in [0, 0.1) is 5.92 Å². The molecular weight excluding hydrogens is 446 g/mol. The van der Waals surface area contributed by atoms with Crippen LogP contribution in [-0.2, 0) is 6.54 Å². The highest BCUT2D eigenvalue weighted by molar-refractivity contribution is 7.80. The van der Waals surface area contributed by atoms with Crippen LogP contribution in [0.1, 0.15) is 40.1 Å². The van der Waals surface area contributed by atoms with E-state index >= 15 is 0 Å². The zero-order valence-corrected chi connectivity index (χ0v) is 20.4. The van der Waals surface area contributed by atoms with Gasteiger partial charge >= 0.3 is 0 Å². The van der Waals surface area contributed by atoms with Crippen molar-refractivity contribution in [2.45, 2.75) is 20.4 Å². The van der Waals surface area contributed by atoms with Crippen molar-refractivity contribution in [3.05, 3.63) is 95.6 Å². The van der Waals surface area contributed by atoms with Gasteiger partial charge in [-0.25, -0.2) is 0 Å². The third-order valence-electron chi connectivity index (χ3n) is 4.95. The molecule has 176 valence electrons. The maximum absolute atomic E-state index is 13.1. The second-order valence-electron chi connectivity index (χ2n) is 8.30. The Hall–Kier alpha value is -3.71. The Bertz CT molecular complexity index is 1150. The topological polar surface area (TPSA) is 70.7 Å². The van der Waals surface area contributed by atoms with E-state index in [4.69, 9.17) is 17.0 Å². The van der Waals surface area contributed by atoms with Gasteiger partial charge in [-0.3, -0.25) is 14.9 Å². The number of nitrogens with zero attached hydrogens (tertiary/aromatic N) is 1. The highest BCUT2D eigenvalue weighted by atomic mass is 32.1. The highest BCUT2D eigenvalue weighted by Gasteiger charge is 2.18. The van der Waals surface area contributed by atoms with Crippen LogP contribution >= 0.6 is 12.2 Å². The van der Waals surface area contributed by atoms with Crippen molar-refractivity contribution < 1.29 is 14.3 Å². The number of anilines is 1. The monoisotopic (exact) mass is 475 g/mol. The van der Waals surface area contributed by atoms with Crippen molar-refractivity contribution in [1.82, 2.24) is 10.2 Å². The summed E-state index contributed by atoms with van der Waals surface area (Å²) >= 11 is 5.37. The van der Waals surface area contributed by atoms with Crippen LogP contribution in [-0.4, -0.2) is 35.5 Å². The van der Waals surface area contributed by atoms with Crippen LogP contribution in [0.15, 0.2) is 78.9 Å². The lowest BCUT2D eigenvalue weighted by Crippen LogP contribution is -2.35. The van der Waals surface area contributed by atoms with E-state index < -0.39 is 0 Å². The van der Waals surface area contributed by atoms with Gasteiger partial charge in [0, 0.05) is 13.6 Å². The smallest absolute Gasteiger partial charge is 0.261 e. The average Bonchev–Trinajstić information content (AvgIpc) is 2.83. The van der Waals surface area contributed by atoms with Gasteiger partial charge in [-0.1, -0.05) is 68.4 Å². The van der Waals surface area contributed by atoms with E-state index in [1.165, 1.54) is 0 Å². The summed E-state index contributed by atoms with van der Waals surface area (Å²) in [5, 5.41) is 5.77. The molecular formula is C27H29N3O3S. The molecule has 0 unspecified atom stereocenters. The molecule has 0 aliphatic rings. The Morgan fingerprint density at radius 2 is 1.53 bits per heavy atom. The zero-order chi connectivity index (χ0) is 24.5. The second kappa shape index (κ2) is 12.0. The number of rotatable bonds is 8. The van der Waals surface area contributed by atoms with Gasteiger partial charge in [0.1, 0.15) is 5.75 Å². The Morgan fingerprint density at radius 3 is 2.24 bits per heavy atom. The summed E-state index contributed by atoms with van der Waals surface area (Å²) in [4.78, 5) is 27.6. The van der Waals surface area contributed by atoms with Gasteiger partial charge in [-0.15, -0.1) is 0 Å². The van der Waals surface area contributed by atoms with Crippen molar-refractivity contribution in [2.24, 2.45) is 5.92 Å². The maximum Gasteiger partial charge on any atom is 0.261 e. The van der Waals surface area contributed by atoms with Crippen molar-refractivity contribution >= 4 is 34.8 Å². The van der Waals surface area contributed by atoms with Crippen LogP contribution in [0.3, 0.4) is 0 Å². The van der Waals surface area contributed by atoms with E-state index in [1.54, 1.807) is 54.4 Å². The number of hydrogen-bond donors (Lipinski definition) is 2. The molecule has 0 radical (unpaired) electrons. The third kappa shape index (κ3) is 6.89. The Kier molecular flexibility index (Phi) is 8.76. The lowest BCUT2D eigenvalue weighted by Gasteiger charge is -2.20. The first-order chi connectivity index (χ1) is 16.3. The van der Waals surface area contributed by atoms with Gasteiger partial charge in [0.15, 0.2) is 5.11 Å². The number of carbonyl (C=O) groups excluding carboxylic acids is 2. The number of amides is 2. The number of nitrogens with one attached hydrogen (secondary N) is 2. The molecule has 7 heteroatoms. The fraction of sp³-hybridized carbons (Fsp3) is 0.222. The van der Waals surface area contributed by atoms with Crippen LogP contribution in [0.4, 0.5) is 5.69 Å². The van der Waals surface area contributed by atoms with E-state index in [0.29, 0.717) is 41.6 Å². The molecule has 0 saturated carbocycles. The van der Waals surface area contributed by atoms with Crippen LogP contribution in [0.25, 0.3) is 0 Å². The van der Waals surface area contributed by atoms with Gasteiger partial charge in [-0.2, -0.15) is 0 Å². The van der Waals surface area contributed by atoms with Gasteiger partial charge < -0.3 is 15.0 Å². The summed E-state index contributed by atoms with van der Waals surface area (Å²) in [6, 6.07) is 23.9. The molecule has 3 aromatic rings. The van der Waals surface area contributed by atoms with E-state index in [1.807, 2.05) is 50.2 Å². The third-order valence-corrected chi connectivity index (χ3v) is 5.15. The first-order valence-electron chi connectivity index (χ1n) is 11.1. The summed E-state index contributed by atoms with van der Waals surface area (Å²) in [6.07, 6.45) is 0. The van der Waals surface area contributed by atoms with Crippen molar-refractivity contribution in [3.63, 3.8) is 0 Å². The van der Waals surface area contributed by atoms with Crippen LogP contribution in [0.2, 0.25) is 0 Å². The van der Waals surface area contributed by atoms with Gasteiger partial charge in [0.25, 0.3) is 11.8 Å². The van der Waals surface area contributed by atoms with Crippen molar-refractivity contribution in [1.29, 1.82) is 0 Å². The Morgan fingerprint density at radius 1 is 0.912 bits per heavy atom. The Labute approximate surface area is 205 Å². The number of benzene rings is 3. The lowest BCUT2D eigenvalue weighted by atomic mass is 10.1. The van der Waals surface area contributed by atoms with E-state index in [2.05, 4.69) is 10.6 Å². The molecule has 0 saturated heterocycles. The highest BCUT2D eigenvalue weighted by Crippen LogP contribution is 2.20. The first kappa shape index (κ1) is 24.9. The standard InChI is InChI=1S/C27H29N3O3S/c1-19(2)18-33-24-16-10-8-14-22(24)25(31)29-27(34)28-23-15-9-7-13-21(23)26(32)30(3)17-20-11-5-4-6-12-20/h4-16,19H,17-18H2,1-3H3,(H2,28,29,31,34). The van der Waals surface area contributed by atoms with Crippen molar-refractivity contribution in [3.8, 4) is 5.75 Å². The molecule has 0 aromatic heterocycles. The molecule has 3 rings (SSSR count). The minimum Gasteiger partial charge on any atom is -0.492 e. The molecule has 0 aliphatic carbocycles. The average molecular weight is 476 g/mol. The van der Waals surface area contributed by atoms with Gasteiger partial charge in [0.05, 0.1) is 23.4 Å². The molecule has 2 amide bonds. The molecule has 0 aliphatic heterocycles.